The molecule has 3 heteroatoms. The zero-order valence-electron chi connectivity index (χ0n) is 5.39. The van der Waals surface area contributed by atoms with E-state index in [9.17, 15) is 0 Å². The van der Waals surface area contributed by atoms with Gasteiger partial charge in [0.15, 0.2) is 0 Å². The molecule has 0 saturated carbocycles. The predicted molar refractivity (Wildman–Crippen MR) is 30.1 cm³/mol. The molecule has 0 aromatic carbocycles. The van der Waals surface area contributed by atoms with Gasteiger partial charge < -0.3 is 17.0 Å². The van der Waals surface area contributed by atoms with Crippen LogP contribution in [-0.2, 0) is 0 Å². The Morgan fingerprint density at radius 2 is 1.38 bits per heavy atom. The average Bonchev–Trinajstić information content (AvgIpc) is 1.87. The Morgan fingerprint density at radius 3 is 1.50 bits per heavy atom. The Bertz CT molecular complexity index is 59.4. The summed E-state index contributed by atoms with van der Waals surface area (Å²) in [7, 11) is 4.28. The van der Waals surface area contributed by atoms with Gasteiger partial charge in [0.2, 0.25) is 0 Å². The summed E-state index contributed by atoms with van der Waals surface area (Å²) in [6.45, 7) is 3.60. The third-order valence-corrected chi connectivity index (χ3v) is 1.35. The first-order valence-electron chi connectivity index (χ1n) is 2.66. The number of likely N-dealkylation sites (N-methyl/N-ethyl adjacent to an activating group) is 2. The van der Waals surface area contributed by atoms with Gasteiger partial charge in [0.25, 0.3) is 0 Å². The highest BCUT2D eigenvalue weighted by Gasteiger charge is 2.09. The highest BCUT2D eigenvalue weighted by atomic mass is 79.9. The molecule has 0 N–H and O–H groups in total. The standard InChI is InChI=1S/C5H12N2.BrH/c1-6-3-4-7(2)5-6;/h3-5H2,1-2H3;1H/p-1. The van der Waals surface area contributed by atoms with Gasteiger partial charge >= 0.3 is 0 Å². The molecule has 1 saturated heterocycles. The first-order chi connectivity index (χ1) is 3.29. The van der Waals surface area contributed by atoms with Crippen molar-refractivity contribution in [2.75, 3.05) is 33.9 Å². The van der Waals surface area contributed by atoms with Crippen LogP contribution >= 0.6 is 0 Å². The Morgan fingerprint density at radius 1 is 1.00 bits per heavy atom. The third kappa shape index (κ3) is 2.11. The normalized spacial score (nSPS) is 23.2. The van der Waals surface area contributed by atoms with E-state index in [1.54, 1.807) is 0 Å². The topological polar surface area (TPSA) is 6.48 Å². The molecule has 1 fully saturated rings. The molecular formula is C5H12BrN2-. The Hall–Kier alpha value is 0.400. The second kappa shape index (κ2) is 3.43. The van der Waals surface area contributed by atoms with Gasteiger partial charge in [-0.1, -0.05) is 0 Å². The molecule has 0 aliphatic carbocycles. The fraction of sp³-hybridized carbons (Fsp3) is 1.00. The molecule has 1 heterocycles. The van der Waals surface area contributed by atoms with Crippen LogP contribution in [-0.4, -0.2) is 43.7 Å². The van der Waals surface area contributed by atoms with Crippen LogP contribution in [0.1, 0.15) is 0 Å². The second-order valence-electron chi connectivity index (χ2n) is 2.30. The fourth-order valence-corrected chi connectivity index (χ4v) is 0.895. The molecule has 0 atom stereocenters. The van der Waals surface area contributed by atoms with E-state index in [1.165, 1.54) is 13.1 Å². The van der Waals surface area contributed by atoms with Gasteiger partial charge in [0.1, 0.15) is 0 Å². The van der Waals surface area contributed by atoms with E-state index < -0.39 is 0 Å². The van der Waals surface area contributed by atoms with Gasteiger partial charge in [-0.25, -0.2) is 0 Å². The van der Waals surface area contributed by atoms with Crippen LogP contribution in [0.4, 0.5) is 0 Å². The lowest BCUT2D eigenvalue weighted by Crippen LogP contribution is -3.00. The van der Waals surface area contributed by atoms with Crippen LogP contribution in [0, 0.1) is 0 Å². The fourth-order valence-electron chi connectivity index (χ4n) is 0.895. The smallest absolute Gasteiger partial charge is 0.0501 e. The van der Waals surface area contributed by atoms with Crippen molar-refractivity contribution in [3.63, 3.8) is 0 Å². The minimum Gasteiger partial charge on any atom is -1.00 e. The van der Waals surface area contributed by atoms with E-state index in [-0.39, 0.29) is 17.0 Å². The lowest BCUT2D eigenvalue weighted by molar-refractivity contribution is -0.00000162. The van der Waals surface area contributed by atoms with Crippen LogP contribution in [0.3, 0.4) is 0 Å². The summed E-state index contributed by atoms with van der Waals surface area (Å²) in [5.74, 6) is 0. The lowest BCUT2D eigenvalue weighted by atomic mass is 10.6. The van der Waals surface area contributed by atoms with Crippen molar-refractivity contribution in [2.45, 2.75) is 0 Å². The average molecular weight is 180 g/mol. The number of hydrogen-bond acceptors (Lipinski definition) is 2. The zero-order valence-corrected chi connectivity index (χ0v) is 6.98. The summed E-state index contributed by atoms with van der Waals surface area (Å²) < 4.78 is 0. The molecule has 0 radical (unpaired) electrons. The molecule has 0 unspecified atom stereocenters. The maximum absolute atomic E-state index is 2.31. The second-order valence-corrected chi connectivity index (χ2v) is 2.30. The van der Waals surface area contributed by atoms with Crippen molar-refractivity contribution >= 4 is 0 Å². The molecule has 1 aliphatic heterocycles. The molecule has 0 spiro atoms. The lowest BCUT2D eigenvalue weighted by Gasteiger charge is -2.06. The van der Waals surface area contributed by atoms with E-state index in [0.29, 0.717) is 0 Å². The first-order valence-corrected chi connectivity index (χ1v) is 2.66. The number of nitrogens with zero attached hydrogens (tertiary/aromatic N) is 2. The summed E-state index contributed by atoms with van der Waals surface area (Å²) in [5, 5.41) is 0. The van der Waals surface area contributed by atoms with Gasteiger partial charge in [-0.2, -0.15) is 0 Å². The van der Waals surface area contributed by atoms with Crippen LogP contribution in [0.15, 0.2) is 0 Å². The van der Waals surface area contributed by atoms with Crippen LogP contribution in [0.2, 0.25) is 0 Å². The quantitative estimate of drug-likeness (QED) is 0.388. The molecular weight excluding hydrogens is 168 g/mol. The van der Waals surface area contributed by atoms with Gasteiger partial charge in [0, 0.05) is 13.1 Å². The van der Waals surface area contributed by atoms with Crippen molar-refractivity contribution < 1.29 is 17.0 Å². The van der Waals surface area contributed by atoms with Gasteiger partial charge in [0.05, 0.1) is 6.67 Å². The van der Waals surface area contributed by atoms with Crippen LogP contribution < -0.4 is 17.0 Å². The molecule has 1 aliphatic rings. The van der Waals surface area contributed by atoms with Crippen molar-refractivity contribution in [1.29, 1.82) is 0 Å². The molecule has 0 aromatic rings. The maximum Gasteiger partial charge on any atom is 0.0501 e. The van der Waals surface area contributed by atoms with Crippen LogP contribution in [0.25, 0.3) is 0 Å². The Balaban J connectivity index is 0.000000490. The Labute approximate surface area is 61.2 Å². The first kappa shape index (κ1) is 8.40. The Kier molecular flexibility index (Phi) is 3.60. The van der Waals surface area contributed by atoms with Gasteiger partial charge in [-0.15, -0.1) is 0 Å². The molecule has 50 valence electrons. The predicted octanol–water partition coefficient (Wildman–Crippen LogP) is -3.17. The van der Waals surface area contributed by atoms with Crippen LogP contribution in [0.5, 0.6) is 0 Å². The highest BCUT2D eigenvalue weighted by molar-refractivity contribution is 4.62. The summed E-state index contributed by atoms with van der Waals surface area (Å²) in [6, 6.07) is 0. The van der Waals surface area contributed by atoms with E-state index in [0.717, 1.165) is 6.67 Å². The summed E-state index contributed by atoms with van der Waals surface area (Å²) >= 11 is 0. The van der Waals surface area contributed by atoms with E-state index in [4.69, 9.17) is 0 Å². The number of halogens is 1. The van der Waals surface area contributed by atoms with Gasteiger partial charge in [-0.3, -0.25) is 9.80 Å². The molecule has 0 bridgehead atoms. The van der Waals surface area contributed by atoms with E-state index >= 15 is 0 Å². The molecule has 0 amide bonds. The summed E-state index contributed by atoms with van der Waals surface area (Å²) in [6.07, 6.45) is 0. The van der Waals surface area contributed by atoms with E-state index in [1.807, 2.05) is 0 Å². The zero-order chi connectivity index (χ0) is 5.28. The number of rotatable bonds is 0. The molecule has 2 nitrogen and oxygen atoms in total. The highest BCUT2D eigenvalue weighted by Crippen LogP contribution is 1.95. The van der Waals surface area contributed by atoms with Crippen molar-refractivity contribution in [2.24, 2.45) is 0 Å². The molecule has 0 aromatic heterocycles. The monoisotopic (exact) mass is 179 g/mol. The van der Waals surface area contributed by atoms with Crippen molar-refractivity contribution in [3.05, 3.63) is 0 Å². The summed E-state index contributed by atoms with van der Waals surface area (Å²) in [4.78, 5) is 4.61. The maximum atomic E-state index is 2.31. The minimum atomic E-state index is 0. The number of hydrogen-bond donors (Lipinski definition) is 0. The molecule has 8 heavy (non-hydrogen) atoms. The van der Waals surface area contributed by atoms with Crippen molar-refractivity contribution in [1.82, 2.24) is 9.80 Å². The minimum absolute atomic E-state index is 0. The molecule has 1 rings (SSSR count). The third-order valence-electron chi connectivity index (χ3n) is 1.35. The van der Waals surface area contributed by atoms with Crippen molar-refractivity contribution in [3.8, 4) is 0 Å². The van der Waals surface area contributed by atoms with E-state index in [2.05, 4.69) is 23.9 Å². The largest absolute Gasteiger partial charge is 1.00 e. The summed E-state index contributed by atoms with van der Waals surface area (Å²) in [5.41, 5.74) is 0. The SMILES string of the molecule is CN1CCN(C)C1.[Br-]. The van der Waals surface area contributed by atoms with Gasteiger partial charge in [-0.05, 0) is 14.1 Å².